The first-order valence-electron chi connectivity index (χ1n) is 10.3. The fourth-order valence-electron chi connectivity index (χ4n) is 4.14. The molecule has 0 spiro atoms. The van der Waals surface area contributed by atoms with Crippen LogP contribution in [-0.2, 0) is 17.8 Å². The third-order valence-corrected chi connectivity index (χ3v) is 5.85. The van der Waals surface area contributed by atoms with Crippen LogP contribution in [0.5, 0.6) is 5.75 Å². The number of aromatic nitrogens is 2. The van der Waals surface area contributed by atoms with Crippen LogP contribution < -0.4 is 5.32 Å². The zero-order chi connectivity index (χ0) is 21.3. The molecule has 1 heterocycles. The molecule has 0 radical (unpaired) electrons. The van der Waals surface area contributed by atoms with Crippen LogP contribution in [0.1, 0.15) is 51.7 Å². The molecule has 154 valence electrons. The van der Waals surface area contributed by atoms with Gasteiger partial charge in [-0.25, -0.2) is 0 Å². The fourth-order valence-corrected chi connectivity index (χ4v) is 4.14. The molecule has 1 aliphatic rings. The van der Waals surface area contributed by atoms with Crippen molar-refractivity contribution in [1.82, 2.24) is 15.1 Å². The molecule has 0 bridgehead atoms. The van der Waals surface area contributed by atoms with E-state index < -0.39 is 0 Å². The normalized spacial score (nSPS) is 15.5. The van der Waals surface area contributed by atoms with E-state index in [2.05, 4.69) is 41.6 Å². The standard InChI is InChI=1S/C25H27N3O2/c1-16-7-9-19(10-8-16)15-28-18(3)20(17(2)27-28)12-14-25(30)26-23-13-11-22-21(23)5-4-6-24(22)29/h4-10,12,14,23,29H,11,13,15H2,1-3H3,(H,26,30). The molecule has 1 atom stereocenters. The molecule has 5 heteroatoms. The van der Waals surface area contributed by atoms with Crippen molar-refractivity contribution in [3.05, 3.63) is 87.7 Å². The smallest absolute Gasteiger partial charge is 0.244 e. The molecule has 2 N–H and O–H groups in total. The van der Waals surface area contributed by atoms with Crippen LogP contribution in [-0.4, -0.2) is 20.8 Å². The van der Waals surface area contributed by atoms with Crippen LogP contribution in [0.2, 0.25) is 0 Å². The molecule has 1 amide bonds. The van der Waals surface area contributed by atoms with Gasteiger partial charge >= 0.3 is 0 Å². The van der Waals surface area contributed by atoms with Crippen LogP contribution in [0.25, 0.3) is 6.08 Å². The van der Waals surface area contributed by atoms with E-state index in [4.69, 9.17) is 0 Å². The van der Waals surface area contributed by atoms with Gasteiger partial charge in [0.25, 0.3) is 0 Å². The number of hydrogen-bond acceptors (Lipinski definition) is 3. The Morgan fingerprint density at radius 3 is 2.73 bits per heavy atom. The number of hydrogen-bond donors (Lipinski definition) is 2. The monoisotopic (exact) mass is 401 g/mol. The van der Waals surface area contributed by atoms with Crippen molar-refractivity contribution in [2.45, 2.75) is 46.2 Å². The molecule has 4 rings (SSSR count). The van der Waals surface area contributed by atoms with Crippen molar-refractivity contribution < 1.29 is 9.90 Å². The van der Waals surface area contributed by atoms with Gasteiger partial charge in [0, 0.05) is 17.3 Å². The Labute approximate surface area is 177 Å². The van der Waals surface area contributed by atoms with Gasteiger partial charge in [0.15, 0.2) is 0 Å². The van der Waals surface area contributed by atoms with E-state index in [-0.39, 0.29) is 11.9 Å². The summed E-state index contributed by atoms with van der Waals surface area (Å²) in [6.45, 7) is 6.78. The van der Waals surface area contributed by atoms with Gasteiger partial charge in [-0.15, -0.1) is 0 Å². The number of benzene rings is 2. The summed E-state index contributed by atoms with van der Waals surface area (Å²) in [4.78, 5) is 12.5. The average molecular weight is 402 g/mol. The lowest BCUT2D eigenvalue weighted by Gasteiger charge is -2.12. The maximum Gasteiger partial charge on any atom is 0.244 e. The summed E-state index contributed by atoms with van der Waals surface area (Å²) in [5.74, 6) is 0.174. The molecule has 0 fully saturated rings. The van der Waals surface area contributed by atoms with E-state index in [1.165, 1.54) is 11.1 Å². The lowest BCUT2D eigenvalue weighted by atomic mass is 10.1. The number of aryl methyl sites for hydroxylation is 2. The summed E-state index contributed by atoms with van der Waals surface area (Å²) in [5, 5.41) is 17.7. The predicted octanol–water partition coefficient (Wildman–Crippen LogP) is 4.38. The number of phenols is 1. The third kappa shape index (κ3) is 4.01. The number of fused-ring (bicyclic) bond motifs is 1. The van der Waals surface area contributed by atoms with Crippen molar-refractivity contribution in [3.8, 4) is 5.75 Å². The van der Waals surface area contributed by atoms with Gasteiger partial charge in [-0.05, 0) is 62.4 Å². The second kappa shape index (κ2) is 8.19. The molecule has 5 nitrogen and oxygen atoms in total. The van der Waals surface area contributed by atoms with E-state index in [0.29, 0.717) is 12.3 Å². The Balaban J connectivity index is 1.45. The molecule has 2 aromatic carbocycles. The summed E-state index contributed by atoms with van der Waals surface area (Å²) in [6.07, 6.45) is 5.00. The van der Waals surface area contributed by atoms with Gasteiger partial charge in [-0.3, -0.25) is 9.48 Å². The number of aromatic hydroxyl groups is 1. The van der Waals surface area contributed by atoms with Crippen molar-refractivity contribution in [2.75, 3.05) is 0 Å². The Hall–Kier alpha value is -3.34. The van der Waals surface area contributed by atoms with Crippen molar-refractivity contribution in [3.63, 3.8) is 0 Å². The van der Waals surface area contributed by atoms with E-state index >= 15 is 0 Å². The van der Waals surface area contributed by atoms with Crippen molar-refractivity contribution in [2.24, 2.45) is 0 Å². The highest BCUT2D eigenvalue weighted by Gasteiger charge is 2.25. The molecule has 3 aromatic rings. The van der Waals surface area contributed by atoms with Gasteiger partial charge in [0.05, 0.1) is 18.3 Å². The second-order valence-electron chi connectivity index (χ2n) is 8.01. The van der Waals surface area contributed by atoms with Crippen molar-refractivity contribution in [1.29, 1.82) is 0 Å². The van der Waals surface area contributed by atoms with Gasteiger partial charge in [0.1, 0.15) is 5.75 Å². The summed E-state index contributed by atoms with van der Waals surface area (Å²) in [5.41, 5.74) is 7.30. The number of carbonyl (C=O) groups is 1. The minimum absolute atomic E-state index is 0.0595. The van der Waals surface area contributed by atoms with Gasteiger partial charge in [0.2, 0.25) is 5.91 Å². The Morgan fingerprint density at radius 1 is 1.20 bits per heavy atom. The number of nitrogens with zero attached hydrogens (tertiary/aromatic N) is 2. The van der Waals surface area contributed by atoms with Gasteiger partial charge in [-0.1, -0.05) is 42.0 Å². The average Bonchev–Trinajstić information content (AvgIpc) is 3.24. The first-order chi connectivity index (χ1) is 14.4. The van der Waals surface area contributed by atoms with E-state index in [1.54, 1.807) is 12.1 Å². The zero-order valence-corrected chi connectivity index (χ0v) is 17.6. The highest BCUT2D eigenvalue weighted by molar-refractivity contribution is 5.92. The molecule has 0 aliphatic heterocycles. The zero-order valence-electron chi connectivity index (χ0n) is 17.6. The molecule has 0 saturated heterocycles. The predicted molar refractivity (Wildman–Crippen MR) is 118 cm³/mol. The minimum atomic E-state index is -0.138. The maximum absolute atomic E-state index is 12.5. The number of phenolic OH excluding ortho intramolecular Hbond substituents is 1. The van der Waals surface area contributed by atoms with E-state index in [0.717, 1.165) is 40.9 Å². The molecular weight excluding hydrogens is 374 g/mol. The number of carbonyl (C=O) groups excluding carboxylic acids is 1. The minimum Gasteiger partial charge on any atom is -0.508 e. The van der Waals surface area contributed by atoms with Gasteiger partial charge in [-0.2, -0.15) is 5.10 Å². The molecule has 1 aliphatic carbocycles. The Kier molecular flexibility index (Phi) is 5.44. The Bertz CT molecular complexity index is 1110. The summed E-state index contributed by atoms with van der Waals surface area (Å²) < 4.78 is 1.98. The van der Waals surface area contributed by atoms with Gasteiger partial charge < -0.3 is 10.4 Å². The Morgan fingerprint density at radius 2 is 1.97 bits per heavy atom. The summed E-state index contributed by atoms with van der Waals surface area (Å²) >= 11 is 0. The first-order valence-corrected chi connectivity index (χ1v) is 10.3. The van der Waals surface area contributed by atoms with Crippen LogP contribution >= 0.6 is 0 Å². The van der Waals surface area contributed by atoms with Crippen LogP contribution in [0.4, 0.5) is 0 Å². The second-order valence-corrected chi connectivity index (χ2v) is 8.01. The topological polar surface area (TPSA) is 67.2 Å². The summed E-state index contributed by atoms with van der Waals surface area (Å²) in [6, 6.07) is 13.9. The third-order valence-electron chi connectivity index (χ3n) is 5.85. The number of nitrogens with one attached hydrogen (secondary N) is 1. The highest BCUT2D eigenvalue weighted by Crippen LogP contribution is 2.36. The van der Waals surface area contributed by atoms with E-state index in [9.17, 15) is 9.90 Å². The number of rotatable bonds is 5. The van der Waals surface area contributed by atoms with Crippen LogP contribution in [0, 0.1) is 20.8 Å². The lowest BCUT2D eigenvalue weighted by Crippen LogP contribution is -2.25. The highest BCUT2D eigenvalue weighted by atomic mass is 16.3. The molecule has 30 heavy (non-hydrogen) atoms. The van der Waals surface area contributed by atoms with Crippen molar-refractivity contribution >= 4 is 12.0 Å². The van der Waals surface area contributed by atoms with Crippen LogP contribution in [0.3, 0.4) is 0 Å². The number of amides is 1. The lowest BCUT2D eigenvalue weighted by molar-refractivity contribution is -0.117. The quantitative estimate of drug-likeness (QED) is 0.624. The molecule has 0 saturated carbocycles. The molecular formula is C25H27N3O2. The summed E-state index contributed by atoms with van der Waals surface area (Å²) in [7, 11) is 0. The fraction of sp³-hybridized carbons (Fsp3) is 0.280. The largest absolute Gasteiger partial charge is 0.508 e. The SMILES string of the molecule is Cc1ccc(Cn2nc(C)c(C=CC(=O)NC3CCc4c(O)cccc43)c2C)cc1. The van der Waals surface area contributed by atoms with E-state index in [1.807, 2.05) is 36.7 Å². The first kappa shape index (κ1) is 20.0. The maximum atomic E-state index is 12.5. The molecule has 1 unspecified atom stereocenters. The van der Waals surface area contributed by atoms with Crippen LogP contribution in [0.15, 0.2) is 48.5 Å². The molecule has 1 aromatic heterocycles.